The minimum Gasteiger partial charge on any atom is -0.317 e. The van der Waals surface area contributed by atoms with Crippen molar-refractivity contribution in [2.75, 3.05) is 18.8 Å². The molecule has 0 radical (unpaired) electrons. The number of sulfonamides is 1. The summed E-state index contributed by atoms with van der Waals surface area (Å²) in [6.07, 6.45) is -3.37. The highest BCUT2D eigenvalue weighted by Gasteiger charge is 2.31. The van der Waals surface area contributed by atoms with Gasteiger partial charge in [0.1, 0.15) is 0 Å². The lowest BCUT2D eigenvalue weighted by Gasteiger charge is -2.15. The quantitative estimate of drug-likeness (QED) is 0.607. The Kier molecular flexibility index (Phi) is 8.60. The number of alkyl halides is 3. The van der Waals surface area contributed by atoms with Gasteiger partial charge in [-0.05, 0) is 39.3 Å². The van der Waals surface area contributed by atoms with E-state index in [2.05, 4.69) is 5.32 Å². The van der Waals surface area contributed by atoms with E-state index >= 15 is 0 Å². The van der Waals surface area contributed by atoms with Gasteiger partial charge in [0.05, 0.1) is 12.2 Å². The molecule has 0 bridgehead atoms. The van der Waals surface area contributed by atoms with Crippen LogP contribution in [0.5, 0.6) is 0 Å². The number of hydrogen-bond acceptors (Lipinski definition) is 3. The van der Waals surface area contributed by atoms with E-state index in [0.717, 1.165) is 19.5 Å². The Bertz CT molecular complexity index is 331. The van der Waals surface area contributed by atoms with Gasteiger partial charge in [-0.2, -0.15) is 13.2 Å². The van der Waals surface area contributed by atoms with Crippen molar-refractivity contribution in [2.24, 2.45) is 0 Å². The van der Waals surface area contributed by atoms with Crippen molar-refractivity contribution in [3.63, 3.8) is 0 Å². The summed E-state index contributed by atoms with van der Waals surface area (Å²) in [5, 5.41) is 3.13. The summed E-state index contributed by atoms with van der Waals surface area (Å²) >= 11 is 0. The molecule has 1 atom stereocenters. The summed E-state index contributed by atoms with van der Waals surface area (Å²) in [5.41, 5.74) is 0. The molecule has 0 saturated heterocycles. The lowest BCUT2D eigenvalue weighted by Crippen LogP contribution is -2.37. The first-order chi connectivity index (χ1) is 8.66. The van der Waals surface area contributed by atoms with Crippen LogP contribution >= 0.6 is 0 Å². The van der Waals surface area contributed by atoms with Crippen LogP contribution in [0.1, 0.15) is 39.5 Å². The second kappa shape index (κ2) is 8.76. The van der Waals surface area contributed by atoms with E-state index in [0.29, 0.717) is 12.8 Å². The molecule has 0 aromatic rings. The van der Waals surface area contributed by atoms with Gasteiger partial charge in [-0.3, -0.25) is 0 Å². The molecule has 0 aliphatic carbocycles. The van der Waals surface area contributed by atoms with Gasteiger partial charge in [0.25, 0.3) is 0 Å². The lowest BCUT2D eigenvalue weighted by atomic mass is 10.2. The highest BCUT2D eigenvalue weighted by molar-refractivity contribution is 7.89. The maximum absolute atomic E-state index is 12.1. The monoisotopic (exact) mass is 304 g/mol. The van der Waals surface area contributed by atoms with Crippen molar-refractivity contribution >= 4 is 10.0 Å². The van der Waals surface area contributed by atoms with Crippen molar-refractivity contribution in [2.45, 2.75) is 51.7 Å². The predicted molar refractivity (Wildman–Crippen MR) is 69.5 cm³/mol. The molecule has 0 aliphatic heterocycles. The minimum atomic E-state index is -4.36. The van der Waals surface area contributed by atoms with Crippen molar-refractivity contribution < 1.29 is 21.6 Å². The van der Waals surface area contributed by atoms with Gasteiger partial charge in [-0.1, -0.05) is 6.92 Å². The topological polar surface area (TPSA) is 58.2 Å². The Morgan fingerprint density at radius 2 is 1.79 bits per heavy atom. The molecule has 8 heteroatoms. The van der Waals surface area contributed by atoms with E-state index in [9.17, 15) is 21.6 Å². The van der Waals surface area contributed by atoms with Crippen LogP contribution in [-0.2, 0) is 10.0 Å². The highest BCUT2D eigenvalue weighted by atomic mass is 32.2. The van der Waals surface area contributed by atoms with Crippen LogP contribution in [0, 0.1) is 0 Å². The van der Waals surface area contributed by atoms with Crippen LogP contribution < -0.4 is 10.0 Å². The second-order valence-corrected chi connectivity index (χ2v) is 6.49. The van der Waals surface area contributed by atoms with E-state index < -0.39 is 28.7 Å². The summed E-state index contributed by atoms with van der Waals surface area (Å²) in [5.74, 6) is -0.136. The van der Waals surface area contributed by atoms with Crippen LogP contribution in [0.3, 0.4) is 0 Å². The molecule has 2 N–H and O–H groups in total. The summed E-state index contributed by atoms with van der Waals surface area (Å²) < 4.78 is 61.3. The van der Waals surface area contributed by atoms with Crippen LogP contribution in [0.2, 0.25) is 0 Å². The molecule has 0 rings (SSSR count). The largest absolute Gasteiger partial charge is 0.390 e. The average Bonchev–Trinajstić information content (AvgIpc) is 2.19. The molecule has 0 spiro atoms. The van der Waals surface area contributed by atoms with Gasteiger partial charge < -0.3 is 5.32 Å². The fraction of sp³-hybridized carbons (Fsp3) is 1.00. The predicted octanol–water partition coefficient (Wildman–Crippen LogP) is 2.03. The molecular weight excluding hydrogens is 281 g/mol. The molecular formula is C11H23F3N2O2S. The third-order valence-corrected chi connectivity index (χ3v) is 3.95. The van der Waals surface area contributed by atoms with E-state index in [1.165, 1.54) is 6.92 Å². The van der Waals surface area contributed by atoms with Gasteiger partial charge in [-0.25, -0.2) is 13.1 Å². The van der Waals surface area contributed by atoms with E-state index in [-0.39, 0.29) is 5.75 Å². The van der Waals surface area contributed by atoms with Crippen molar-refractivity contribution in [3.05, 3.63) is 0 Å². The summed E-state index contributed by atoms with van der Waals surface area (Å²) in [7, 11) is -3.62. The number of nitrogens with one attached hydrogen (secondary N) is 2. The Balaban J connectivity index is 3.86. The number of hydrogen-bond donors (Lipinski definition) is 2. The molecule has 19 heavy (non-hydrogen) atoms. The fourth-order valence-electron chi connectivity index (χ4n) is 1.60. The Morgan fingerprint density at radius 1 is 1.16 bits per heavy atom. The average molecular weight is 304 g/mol. The molecule has 0 aromatic heterocycles. The van der Waals surface area contributed by atoms with E-state index in [1.807, 2.05) is 11.6 Å². The number of rotatable bonds is 10. The SMILES string of the molecule is CCCNCCCCS(=O)(=O)NC(C)CC(F)(F)F. The molecule has 0 heterocycles. The van der Waals surface area contributed by atoms with Gasteiger partial charge in [0, 0.05) is 6.04 Å². The Morgan fingerprint density at radius 3 is 2.32 bits per heavy atom. The molecule has 116 valence electrons. The standard InChI is InChI=1S/C11H23F3N2O2S/c1-3-6-15-7-4-5-8-19(17,18)16-10(2)9-11(12,13)14/h10,15-16H,3-9H2,1-2H3. The Labute approximate surface area is 113 Å². The van der Waals surface area contributed by atoms with Crippen LogP contribution in [-0.4, -0.2) is 39.5 Å². The molecule has 0 aliphatic rings. The fourth-order valence-corrected chi connectivity index (χ4v) is 3.00. The zero-order chi connectivity index (χ0) is 14.9. The van der Waals surface area contributed by atoms with Gasteiger partial charge >= 0.3 is 6.18 Å². The Hall–Kier alpha value is -0.340. The smallest absolute Gasteiger partial charge is 0.317 e. The van der Waals surface area contributed by atoms with Gasteiger partial charge in [0.2, 0.25) is 10.0 Å². The van der Waals surface area contributed by atoms with Crippen LogP contribution in [0.15, 0.2) is 0 Å². The maximum Gasteiger partial charge on any atom is 0.390 e. The maximum atomic E-state index is 12.1. The summed E-state index contributed by atoms with van der Waals surface area (Å²) in [4.78, 5) is 0. The van der Waals surface area contributed by atoms with Gasteiger partial charge in [-0.15, -0.1) is 0 Å². The second-order valence-electron chi connectivity index (χ2n) is 4.61. The summed E-state index contributed by atoms with van der Waals surface area (Å²) in [6.45, 7) is 4.85. The third kappa shape index (κ3) is 12.4. The first-order valence-electron chi connectivity index (χ1n) is 6.44. The molecule has 0 amide bonds. The molecule has 0 aromatic carbocycles. The number of unbranched alkanes of at least 4 members (excludes halogenated alkanes) is 1. The van der Waals surface area contributed by atoms with E-state index in [4.69, 9.17) is 0 Å². The lowest BCUT2D eigenvalue weighted by molar-refractivity contribution is -0.137. The zero-order valence-electron chi connectivity index (χ0n) is 11.4. The van der Waals surface area contributed by atoms with Crippen LogP contribution in [0.25, 0.3) is 0 Å². The van der Waals surface area contributed by atoms with Crippen molar-refractivity contribution in [1.82, 2.24) is 10.0 Å². The highest BCUT2D eigenvalue weighted by Crippen LogP contribution is 2.21. The first kappa shape index (κ1) is 18.7. The number of halogens is 3. The van der Waals surface area contributed by atoms with Crippen LogP contribution in [0.4, 0.5) is 13.2 Å². The third-order valence-electron chi connectivity index (χ3n) is 2.36. The summed E-state index contributed by atoms with van der Waals surface area (Å²) in [6, 6.07) is -1.12. The van der Waals surface area contributed by atoms with Gasteiger partial charge in [0.15, 0.2) is 0 Å². The minimum absolute atomic E-state index is 0.136. The first-order valence-corrected chi connectivity index (χ1v) is 8.09. The van der Waals surface area contributed by atoms with Crippen molar-refractivity contribution in [1.29, 1.82) is 0 Å². The van der Waals surface area contributed by atoms with Crippen molar-refractivity contribution in [3.8, 4) is 0 Å². The van der Waals surface area contributed by atoms with E-state index in [1.54, 1.807) is 0 Å². The molecule has 1 unspecified atom stereocenters. The molecule has 0 saturated carbocycles. The zero-order valence-corrected chi connectivity index (χ0v) is 12.2. The molecule has 4 nitrogen and oxygen atoms in total. The normalized spacial score (nSPS) is 14.6. The molecule has 0 fully saturated rings.